The van der Waals surface area contributed by atoms with Crippen molar-refractivity contribution in [3.63, 3.8) is 0 Å². The van der Waals surface area contributed by atoms with Crippen LogP contribution in [0.25, 0.3) is 0 Å². The van der Waals surface area contributed by atoms with Crippen LogP contribution >= 0.6 is 23.2 Å². The van der Waals surface area contributed by atoms with Gasteiger partial charge in [0.15, 0.2) is 10.3 Å². The van der Waals surface area contributed by atoms with Crippen molar-refractivity contribution in [3.8, 4) is 0 Å². The molecule has 2 aromatic rings. The second kappa shape index (κ2) is 5.43. The Kier molecular flexibility index (Phi) is 4.03. The van der Waals surface area contributed by atoms with E-state index in [1.165, 1.54) is 6.07 Å². The van der Waals surface area contributed by atoms with Gasteiger partial charge in [0, 0.05) is 5.69 Å². The van der Waals surface area contributed by atoms with Gasteiger partial charge in [0.05, 0.1) is 4.90 Å². The quantitative estimate of drug-likeness (QED) is 0.664. The molecule has 6 nitrogen and oxygen atoms in total. The van der Waals surface area contributed by atoms with Gasteiger partial charge in [0.1, 0.15) is 12.0 Å². The van der Waals surface area contributed by atoms with Crippen LogP contribution in [-0.2, 0) is 10.0 Å². The zero-order valence-corrected chi connectivity index (χ0v) is 12.6. The predicted octanol–water partition coefficient (Wildman–Crippen LogP) is 2.47. The Bertz CT molecular complexity index is 745. The molecule has 0 aliphatic heterocycles. The number of aromatic nitrogens is 2. The fourth-order valence-electron chi connectivity index (χ4n) is 1.52. The number of rotatable bonds is 3. The SMILES string of the molecule is Cc1ccc(N)cc1S(=O)(=O)Nc1c(Cl)ncnc1Cl. The highest BCUT2D eigenvalue weighted by Gasteiger charge is 2.21. The minimum atomic E-state index is -3.89. The molecule has 0 saturated heterocycles. The number of sulfonamides is 1. The van der Waals surface area contributed by atoms with Crippen molar-refractivity contribution in [1.82, 2.24) is 9.97 Å². The monoisotopic (exact) mass is 332 g/mol. The Morgan fingerprint density at radius 1 is 1.20 bits per heavy atom. The molecule has 106 valence electrons. The average Bonchev–Trinajstić information content (AvgIpc) is 2.37. The summed E-state index contributed by atoms with van der Waals surface area (Å²) in [5, 5.41) is -0.176. The van der Waals surface area contributed by atoms with Gasteiger partial charge in [0.2, 0.25) is 0 Å². The van der Waals surface area contributed by atoms with Crippen LogP contribution < -0.4 is 10.5 Å². The van der Waals surface area contributed by atoms with E-state index < -0.39 is 10.0 Å². The molecule has 0 fully saturated rings. The molecular formula is C11H10Cl2N4O2S. The van der Waals surface area contributed by atoms with E-state index in [4.69, 9.17) is 28.9 Å². The molecule has 0 aliphatic carbocycles. The van der Waals surface area contributed by atoms with Crippen molar-refractivity contribution in [3.05, 3.63) is 40.4 Å². The summed E-state index contributed by atoms with van der Waals surface area (Å²) in [5.74, 6) is 0. The third kappa shape index (κ3) is 2.95. The lowest BCUT2D eigenvalue weighted by atomic mass is 10.2. The van der Waals surface area contributed by atoms with Crippen LogP contribution in [0.2, 0.25) is 10.3 Å². The summed E-state index contributed by atoms with van der Waals surface area (Å²) in [6, 6.07) is 4.57. The third-order valence-electron chi connectivity index (χ3n) is 2.49. The molecule has 9 heteroatoms. The lowest BCUT2D eigenvalue weighted by Gasteiger charge is -2.12. The third-order valence-corrected chi connectivity index (χ3v) is 4.56. The van der Waals surface area contributed by atoms with Gasteiger partial charge < -0.3 is 5.73 Å². The number of nitrogens with zero attached hydrogens (tertiary/aromatic N) is 2. The molecular weight excluding hydrogens is 323 g/mol. The van der Waals surface area contributed by atoms with E-state index in [0.717, 1.165) is 6.33 Å². The summed E-state index contributed by atoms with van der Waals surface area (Å²) < 4.78 is 26.9. The number of halogens is 2. The first-order valence-corrected chi connectivity index (χ1v) is 7.60. The molecule has 1 aromatic heterocycles. The van der Waals surface area contributed by atoms with Crippen molar-refractivity contribution in [2.24, 2.45) is 0 Å². The number of anilines is 2. The van der Waals surface area contributed by atoms with E-state index in [-0.39, 0.29) is 20.9 Å². The van der Waals surface area contributed by atoms with Crippen LogP contribution in [0, 0.1) is 6.92 Å². The zero-order valence-electron chi connectivity index (χ0n) is 10.3. The van der Waals surface area contributed by atoms with E-state index in [1.807, 2.05) is 0 Å². The summed E-state index contributed by atoms with van der Waals surface area (Å²) in [4.78, 5) is 7.39. The van der Waals surface area contributed by atoms with Crippen molar-refractivity contribution in [2.45, 2.75) is 11.8 Å². The fourth-order valence-corrected chi connectivity index (χ4v) is 3.40. The summed E-state index contributed by atoms with van der Waals surface area (Å²) >= 11 is 11.6. The molecule has 0 unspecified atom stereocenters. The number of nitrogens with two attached hydrogens (primary N) is 1. The van der Waals surface area contributed by atoms with Gasteiger partial charge in [-0.2, -0.15) is 0 Å². The standard InChI is InChI=1S/C11H10Cl2N4O2S/c1-6-2-3-7(14)4-8(6)20(18,19)17-9-10(12)15-5-16-11(9)13/h2-5,17H,14H2,1H3. The maximum absolute atomic E-state index is 12.3. The highest BCUT2D eigenvalue weighted by molar-refractivity contribution is 7.92. The molecule has 1 aromatic carbocycles. The highest BCUT2D eigenvalue weighted by Crippen LogP contribution is 2.29. The number of hydrogen-bond donors (Lipinski definition) is 2. The maximum atomic E-state index is 12.3. The van der Waals surface area contributed by atoms with Gasteiger partial charge in [0.25, 0.3) is 10.0 Å². The topological polar surface area (TPSA) is 98.0 Å². The summed E-state index contributed by atoms with van der Waals surface area (Å²) in [6.45, 7) is 1.65. The molecule has 0 aliphatic rings. The fraction of sp³-hybridized carbons (Fsp3) is 0.0909. The minimum Gasteiger partial charge on any atom is -0.399 e. The smallest absolute Gasteiger partial charge is 0.262 e. The van der Waals surface area contributed by atoms with E-state index in [2.05, 4.69) is 14.7 Å². The molecule has 0 atom stereocenters. The van der Waals surface area contributed by atoms with Crippen LogP contribution in [0.5, 0.6) is 0 Å². The lowest BCUT2D eigenvalue weighted by molar-refractivity contribution is 0.600. The Hall–Kier alpha value is -1.57. The Morgan fingerprint density at radius 3 is 2.40 bits per heavy atom. The first-order chi connectivity index (χ1) is 9.31. The van der Waals surface area contributed by atoms with E-state index in [1.54, 1.807) is 19.1 Å². The maximum Gasteiger partial charge on any atom is 0.262 e. The first-order valence-electron chi connectivity index (χ1n) is 5.36. The van der Waals surface area contributed by atoms with Gasteiger partial charge in [-0.1, -0.05) is 29.3 Å². The van der Waals surface area contributed by atoms with E-state index in [0.29, 0.717) is 11.3 Å². The first kappa shape index (κ1) is 14.8. The molecule has 0 radical (unpaired) electrons. The second-order valence-corrected chi connectivity index (χ2v) is 6.33. The molecule has 20 heavy (non-hydrogen) atoms. The van der Waals surface area contributed by atoms with Crippen LogP contribution in [-0.4, -0.2) is 18.4 Å². The van der Waals surface area contributed by atoms with Crippen molar-refractivity contribution in [1.29, 1.82) is 0 Å². The largest absolute Gasteiger partial charge is 0.399 e. The van der Waals surface area contributed by atoms with Crippen molar-refractivity contribution in [2.75, 3.05) is 10.5 Å². The van der Waals surface area contributed by atoms with E-state index in [9.17, 15) is 8.42 Å². The van der Waals surface area contributed by atoms with Gasteiger partial charge in [-0.05, 0) is 24.6 Å². The predicted molar refractivity (Wildman–Crippen MR) is 78.5 cm³/mol. The molecule has 1 heterocycles. The average molecular weight is 333 g/mol. The van der Waals surface area contributed by atoms with Crippen LogP contribution in [0.4, 0.5) is 11.4 Å². The summed E-state index contributed by atoms with van der Waals surface area (Å²) in [7, 11) is -3.89. The van der Waals surface area contributed by atoms with Gasteiger partial charge in [-0.25, -0.2) is 18.4 Å². The van der Waals surface area contributed by atoms with Crippen molar-refractivity contribution < 1.29 is 8.42 Å². The van der Waals surface area contributed by atoms with Crippen molar-refractivity contribution >= 4 is 44.6 Å². The van der Waals surface area contributed by atoms with Crippen LogP contribution in [0.15, 0.2) is 29.4 Å². The zero-order chi connectivity index (χ0) is 14.9. The summed E-state index contributed by atoms with van der Waals surface area (Å²) in [6.07, 6.45) is 1.13. The minimum absolute atomic E-state index is 0.0356. The molecule has 0 amide bonds. The number of nitrogen functional groups attached to an aromatic ring is 1. The van der Waals surface area contributed by atoms with E-state index >= 15 is 0 Å². The Morgan fingerprint density at radius 2 is 1.80 bits per heavy atom. The van der Waals surface area contributed by atoms with Gasteiger partial charge >= 0.3 is 0 Å². The van der Waals surface area contributed by atoms with Gasteiger partial charge in [-0.15, -0.1) is 0 Å². The number of aryl methyl sites for hydroxylation is 1. The lowest BCUT2D eigenvalue weighted by Crippen LogP contribution is -2.15. The molecule has 3 N–H and O–H groups in total. The normalized spacial score (nSPS) is 11.3. The molecule has 0 bridgehead atoms. The second-order valence-electron chi connectivity index (χ2n) is 3.96. The molecule has 0 saturated carbocycles. The Labute approximate surface area is 126 Å². The number of hydrogen-bond acceptors (Lipinski definition) is 5. The van der Waals surface area contributed by atoms with Gasteiger partial charge in [-0.3, -0.25) is 4.72 Å². The van der Waals surface area contributed by atoms with Crippen LogP contribution in [0.1, 0.15) is 5.56 Å². The van der Waals surface area contributed by atoms with Crippen LogP contribution in [0.3, 0.4) is 0 Å². The molecule has 2 rings (SSSR count). The molecule has 0 spiro atoms. The summed E-state index contributed by atoms with van der Waals surface area (Å²) in [5.41, 5.74) is 6.41. The number of nitrogens with one attached hydrogen (secondary N) is 1. The highest BCUT2D eigenvalue weighted by atomic mass is 35.5. The Balaban J connectivity index is 2.49. The number of benzene rings is 1.